The topological polar surface area (TPSA) is 96.8 Å². The third kappa shape index (κ3) is 2.95. The SMILES string of the molecule is Cc1ccc([C@@H](c2sc3ncnn3c2O)N2CCC(C(N)=O)CC2)cc1. The second-order valence-electron chi connectivity index (χ2n) is 6.77. The number of aromatic hydroxyl groups is 1. The van der Waals surface area contributed by atoms with Gasteiger partial charge in [-0.15, -0.1) is 0 Å². The van der Waals surface area contributed by atoms with Crippen LogP contribution in [0.2, 0.25) is 0 Å². The fourth-order valence-electron chi connectivity index (χ4n) is 3.59. The lowest BCUT2D eigenvalue weighted by Crippen LogP contribution is -2.40. The summed E-state index contributed by atoms with van der Waals surface area (Å²) in [6, 6.07) is 8.24. The number of thiazole rings is 1. The third-order valence-electron chi connectivity index (χ3n) is 5.08. The molecule has 1 fully saturated rings. The van der Waals surface area contributed by atoms with E-state index in [1.807, 2.05) is 0 Å². The Morgan fingerprint density at radius 2 is 2.00 bits per heavy atom. The zero-order chi connectivity index (χ0) is 18.3. The number of aryl methyl sites for hydroxylation is 1. The van der Waals surface area contributed by atoms with Crippen LogP contribution in [0.5, 0.6) is 5.88 Å². The van der Waals surface area contributed by atoms with E-state index in [1.54, 1.807) is 0 Å². The van der Waals surface area contributed by atoms with Crippen molar-refractivity contribution in [2.24, 2.45) is 11.7 Å². The molecule has 26 heavy (non-hydrogen) atoms. The quantitative estimate of drug-likeness (QED) is 0.732. The molecule has 3 aromatic rings. The molecule has 7 nitrogen and oxygen atoms in total. The number of amides is 1. The highest BCUT2D eigenvalue weighted by atomic mass is 32.1. The smallest absolute Gasteiger partial charge is 0.230 e. The van der Waals surface area contributed by atoms with Crippen molar-refractivity contribution < 1.29 is 9.90 Å². The van der Waals surface area contributed by atoms with E-state index in [4.69, 9.17) is 5.73 Å². The first kappa shape index (κ1) is 17.0. The van der Waals surface area contributed by atoms with Crippen molar-refractivity contribution in [3.63, 3.8) is 0 Å². The summed E-state index contributed by atoms with van der Waals surface area (Å²) in [4.78, 5) is 19.5. The van der Waals surface area contributed by atoms with Crippen LogP contribution in [0, 0.1) is 12.8 Å². The first-order valence-corrected chi connectivity index (χ1v) is 9.47. The second-order valence-corrected chi connectivity index (χ2v) is 7.78. The molecule has 0 aliphatic carbocycles. The summed E-state index contributed by atoms with van der Waals surface area (Å²) >= 11 is 1.44. The lowest BCUT2D eigenvalue weighted by Gasteiger charge is -2.36. The maximum absolute atomic E-state index is 11.5. The molecule has 1 aliphatic rings. The van der Waals surface area contributed by atoms with Crippen LogP contribution in [0.3, 0.4) is 0 Å². The fraction of sp³-hybridized carbons (Fsp3) is 0.389. The van der Waals surface area contributed by atoms with Gasteiger partial charge in [-0.2, -0.15) is 9.61 Å². The highest BCUT2D eigenvalue weighted by Gasteiger charge is 2.33. The number of aromatic nitrogens is 3. The number of carbonyl (C=O) groups excluding carboxylic acids is 1. The van der Waals surface area contributed by atoms with E-state index in [0.29, 0.717) is 4.96 Å². The minimum atomic E-state index is -0.224. The summed E-state index contributed by atoms with van der Waals surface area (Å²) in [5.74, 6) is -0.163. The molecule has 0 saturated carbocycles. The summed E-state index contributed by atoms with van der Waals surface area (Å²) in [5, 5.41) is 14.8. The van der Waals surface area contributed by atoms with Crippen molar-refractivity contribution in [1.29, 1.82) is 0 Å². The lowest BCUT2D eigenvalue weighted by molar-refractivity contribution is -0.123. The number of carbonyl (C=O) groups is 1. The number of primary amides is 1. The predicted molar refractivity (Wildman–Crippen MR) is 99.0 cm³/mol. The van der Waals surface area contributed by atoms with Crippen molar-refractivity contribution >= 4 is 22.2 Å². The molecular weight excluding hydrogens is 350 g/mol. The summed E-state index contributed by atoms with van der Waals surface area (Å²) in [6.07, 6.45) is 2.91. The molecule has 4 rings (SSSR count). The lowest BCUT2D eigenvalue weighted by atomic mass is 9.93. The molecule has 2 aromatic heterocycles. The Kier molecular flexibility index (Phi) is 4.37. The zero-order valence-corrected chi connectivity index (χ0v) is 15.3. The van der Waals surface area contributed by atoms with Gasteiger partial charge in [-0.3, -0.25) is 9.69 Å². The van der Waals surface area contributed by atoms with Crippen LogP contribution in [0.25, 0.3) is 4.96 Å². The molecule has 0 bridgehead atoms. The van der Waals surface area contributed by atoms with Gasteiger partial charge in [-0.05, 0) is 38.4 Å². The number of benzene rings is 1. The Bertz CT molecular complexity index is 925. The highest BCUT2D eigenvalue weighted by molar-refractivity contribution is 7.17. The Morgan fingerprint density at radius 1 is 1.31 bits per heavy atom. The van der Waals surface area contributed by atoms with Crippen LogP contribution in [0.15, 0.2) is 30.6 Å². The predicted octanol–water partition coefficient (Wildman–Crippen LogP) is 2.09. The van der Waals surface area contributed by atoms with Gasteiger partial charge < -0.3 is 10.8 Å². The van der Waals surface area contributed by atoms with Crippen molar-refractivity contribution in [3.05, 3.63) is 46.6 Å². The number of rotatable bonds is 4. The minimum Gasteiger partial charge on any atom is -0.492 e. The molecule has 1 aromatic carbocycles. The summed E-state index contributed by atoms with van der Waals surface area (Å²) < 4.78 is 1.47. The Balaban J connectivity index is 1.72. The van der Waals surface area contributed by atoms with Crippen LogP contribution < -0.4 is 5.73 Å². The van der Waals surface area contributed by atoms with Gasteiger partial charge in [-0.1, -0.05) is 41.2 Å². The van der Waals surface area contributed by atoms with Gasteiger partial charge in [0.15, 0.2) is 0 Å². The molecule has 0 spiro atoms. The van der Waals surface area contributed by atoms with Crippen molar-refractivity contribution in [3.8, 4) is 5.88 Å². The number of hydrogen-bond donors (Lipinski definition) is 2. The van der Waals surface area contributed by atoms with E-state index in [0.717, 1.165) is 36.4 Å². The summed E-state index contributed by atoms with van der Waals surface area (Å²) in [6.45, 7) is 3.55. The first-order valence-electron chi connectivity index (χ1n) is 8.66. The Morgan fingerprint density at radius 3 is 2.62 bits per heavy atom. The molecule has 0 radical (unpaired) electrons. The summed E-state index contributed by atoms with van der Waals surface area (Å²) in [7, 11) is 0. The highest BCUT2D eigenvalue weighted by Crippen LogP contribution is 2.41. The van der Waals surface area contributed by atoms with E-state index in [1.165, 1.54) is 27.7 Å². The second kappa shape index (κ2) is 6.69. The number of fused-ring (bicyclic) bond motifs is 1. The first-order chi connectivity index (χ1) is 12.5. The Hall–Kier alpha value is -2.45. The van der Waals surface area contributed by atoms with Crippen molar-refractivity contribution in [2.45, 2.75) is 25.8 Å². The fourth-order valence-corrected chi connectivity index (χ4v) is 4.68. The average molecular weight is 371 g/mol. The largest absolute Gasteiger partial charge is 0.492 e. The van der Waals surface area contributed by atoms with Crippen LogP contribution in [-0.4, -0.2) is 43.6 Å². The zero-order valence-electron chi connectivity index (χ0n) is 14.5. The van der Waals surface area contributed by atoms with Gasteiger partial charge >= 0.3 is 0 Å². The molecular formula is C18H21N5O2S. The molecule has 8 heteroatoms. The molecule has 3 heterocycles. The number of likely N-dealkylation sites (tertiary alicyclic amines) is 1. The minimum absolute atomic E-state index is 0.0687. The monoisotopic (exact) mass is 371 g/mol. The maximum atomic E-state index is 11.5. The van der Waals surface area contributed by atoms with Gasteiger partial charge in [0, 0.05) is 5.92 Å². The maximum Gasteiger partial charge on any atom is 0.230 e. The van der Waals surface area contributed by atoms with E-state index in [9.17, 15) is 9.90 Å². The van der Waals surface area contributed by atoms with Crippen LogP contribution in [0.1, 0.15) is 34.9 Å². The summed E-state index contributed by atoms with van der Waals surface area (Å²) in [5.41, 5.74) is 7.76. The van der Waals surface area contributed by atoms with Gasteiger partial charge in [0.2, 0.25) is 16.7 Å². The normalized spacial score (nSPS) is 17.6. The van der Waals surface area contributed by atoms with Gasteiger partial charge in [0.1, 0.15) is 6.33 Å². The van der Waals surface area contributed by atoms with Gasteiger partial charge in [0.25, 0.3) is 0 Å². The van der Waals surface area contributed by atoms with Crippen molar-refractivity contribution in [2.75, 3.05) is 13.1 Å². The van der Waals surface area contributed by atoms with E-state index < -0.39 is 0 Å². The average Bonchev–Trinajstić information content (AvgIpc) is 3.21. The van der Waals surface area contributed by atoms with Crippen LogP contribution in [0.4, 0.5) is 0 Å². The third-order valence-corrected chi connectivity index (χ3v) is 6.16. The standard InChI is InChI=1S/C18H21N5O2S/c1-11-2-4-12(5-3-11)14(22-8-6-13(7-9-22)16(19)24)15-17(25)23-18(26-15)20-10-21-23/h2-5,10,13-14,25H,6-9H2,1H3,(H2,19,24)/t14-/m0/s1. The van der Waals surface area contributed by atoms with Crippen LogP contribution in [-0.2, 0) is 4.79 Å². The number of nitrogens with two attached hydrogens (primary N) is 1. The Labute approximate surface area is 155 Å². The molecule has 1 saturated heterocycles. The number of hydrogen-bond acceptors (Lipinski definition) is 6. The number of nitrogens with zero attached hydrogens (tertiary/aromatic N) is 4. The molecule has 0 unspecified atom stereocenters. The van der Waals surface area contributed by atoms with Crippen molar-refractivity contribution in [1.82, 2.24) is 19.5 Å². The van der Waals surface area contributed by atoms with E-state index >= 15 is 0 Å². The molecule has 3 N–H and O–H groups in total. The van der Waals surface area contributed by atoms with Crippen LogP contribution >= 0.6 is 11.3 Å². The van der Waals surface area contributed by atoms with Gasteiger partial charge in [-0.25, -0.2) is 4.98 Å². The van der Waals surface area contributed by atoms with Gasteiger partial charge in [0.05, 0.1) is 10.9 Å². The molecule has 1 aliphatic heterocycles. The molecule has 1 amide bonds. The molecule has 1 atom stereocenters. The molecule has 136 valence electrons. The number of piperidine rings is 1. The van der Waals surface area contributed by atoms with E-state index in [-0.39, 0.29) is 23.7 Å². The van der Waals surface area contributed by atoms with E-state index in [2.05, 4.69) is 46.2 Å².